The van der Waals surface area contributed by atoms with Gasteiger partial charge in [-0.2, -0.15) is 5.26 Å². The van der Waals surface area contributed by atoms with Gasteiger partial charge in [-0.15, -0.1) is 11.3 Å². The summed E-state index contributed by atoms with van der Waals surface area (Å²) in [4.78, 5) is 11.1. The lowest BCUT2D eigenvalue weighted by molar-refractivity contribution is 0.203. The molecule has 0 aliphatic heterocycles. The highest BCUT2D eigenvalue weighted by Crippen LogP contribution is 2.39. The number of ether oxygens (including phenoxy) is 1. The van der Waals surface area contributed by atoms with Crippen molar-refractivity contribution in [3.8, 4) is 11.1 Å². The topological polar surface area (TPSA) is 62.1 Å². The second kappa shape index (κ2) is 4.54. The molecule has 1 amide bonds. The molecule has 0 fully saturated rings. The highest BCUT2D eigenvalue weighted by molar-refractivity contribution is 7.12. The molecule has 0 aliphatic carbocycles. The lowest BCUT2D eigenvalue weighted by Crippen LogP contribution is -2.23. The fourth-order valence-corrected chi connectivity index (χ4v) is 2.40. The maximum Gasteiger partial charge on any atom is 0.413 e. The van der Waals surface area contributed by atoms with Crippen LogP contribution in [0.1, 0.15) is 31.9 Å². The van der Waals surface area contributed by atoms with Gasteiger partial charge in [0.2, 0.25) is 0 Å². The number of nitriles is 1. The summed E-state index contributed by atoms with van der Waals surface area (Å²) in [5, 5.41) is 13.6. The highest BCUT2D eigenvalue weighted by atomic mass is 32.1. The minimum Gasteiger partial charge on any atom is -0.399 e. The van der Waals surface area contributed by atoms with Crippen LogP contribution in [0.15, 0.2) is 5.38 Å². The van der Waals surface area contributed by atoms with Crippen molar-refractivity contribution in [3.05, 3.63) is 16.5 Å². The first-order valence-corrected chi connectivity index (χ1v) is 5.69. The highest BCUT2D eigenvalue weighted by Gasteiger charge is 2.26. The molecular formula is C11H14N2O2S. The average molecular weight is 238 g/mol. The molecule has 1 heterocycles. The normalized spacial score (nSPS) is 10.7. The molecule has 0 spiro atoms. The molecule has 1 aromatic heterocycles. The molecule has 0 aliphatic rings. The van der Waals surface area contributed by atoms with Crippen LogP contribution >= 0.6 is 11.3 Å². The first kappa shape index (κ1) is 12.5. The molecule has 1 rings (SSSR count). The summed E-state index contributed by atoms with van der Waals surface area (Å²) in [5.74, 6) is 0. The van der Waals surface area contributed by atoms with E-state index in [-0.39, 0.29) is 5.41 Å². The summed E-state index contributed by atoms with van der Waals surface area (Å²) in [6, 6.07) is 2.11. The van der Waals surface area contributed by atoms with Gasteiger partial charge in [-0.1, -0.05) is 20.8 Å². The molecule has 0 unspecified atom stereocenters. The third-order valence-corrected chi connectivity index (χ3v) is 2.87. The lowest BCUT2D eigenvalue weighted by atomic mass is 9.86. The van der Waals surface area contributed by atoms with E-state index < -0.39 is 6.09 Å². The molecule has 0 aromatic carbocycles. The Bertz CT molecular complexity index is 438. The summed E-state index contributed by atoms with van der Waals surface area (Å²) in [6.45, 7) is 5.94. The number of nitrogens with zero attached hydrogens (tertiary/aromatic N) is 1. The molecule has 4 nitrogen and oxygen atoms in total. The van der Waals surface area contributed by atoms with Gasteiger partial charge in [0, 0.05) is 18.0 Å². The fraction of sp³-hybridized carbons (Fsp3) is 0.455. The van der Waals surface area contributed by atoms with Crippen LogP contribution in [0.3, 0.4) is 0 Å². The van der Waals surface area contributed by atoms with Gasteiger partial charge in [0.1, 0.15) is 6.07 Å². The summed E-state index contributed by atoms with van der Waals surface area (Å²) < 4.78 is 5.12. The number of hydrogen-bond acceptors (Lipinski definition) is 4. The Balaban J connectivity index is 3.17. The Kier molecular flexibility index (Phi) is 3.55. The third-order valence-electron chi connectivity index (χ3n) is 2.02. The van der Waals surface area contributed by atoms with Crippen molar-refractivity contribution >= 4 is 17.4 Å². The van der Waals surface area contributed by atoms with Crippen molar-refractivity contribution in [1.82, 2.24) is 5.32 Å². The molecule has 0 saturated carbocycles. The van der Waals surface area contributed by atoms with Crippen LogP contribution in [0.2, 0.25) is 0 Å². The molecule has 1 aromatic rings. The molecule has 0 radical (unpaired) electrons. The molecular weight excluding hydrogens is 224 g/mol. The van der Waals surface area contributed by atoms with E-state index in [1.165, 1.54) is 18.4 Å². The molecule has 16 heavy (non-hydrogen) atoms. The van der Waals surface area contributed by atoms with Crippen LogP contribution in [0.25, 0.3) is 0 Å². The summed E-state index contributed by atoms with van der Waals surface area (Å²) in [6.07, 6.45) is -0.517. The second-order valence-electron chi connectivity index (χ2n) is 4.31. The lowest BCUT2D eigenvalue weighted by Gasteiger charge is -2.19. The average Bonchev–Trinajstić information content (AvgIpc) is 2.60. The number of thiophene rings is 1. The molecule has 5 heteroatoms. The first-order chi connectivity index (χ1) is 7.40. The van der Waals surface area contributed by atoms with Crippen molar-refractivity contribution in [1.29, 1.82) is 5.26 Å². The Morgan fingerprint density at radius 3 is 2.62 bits per heavy atom. The van der Waals surface area contributed by atoms with Crippen molar-refractivity contribution in [2.24, 2.45) is 0 Å². The van der Waals surface area contributed by atoms with Crippen molar-refractivity contribution < 1.29 is 9.53 Å². The molecule has 86 valence electrons. The van der Waals surface area contributed by atoms with E-state index >= 15 is 0 Å². The van der Waals surface area contributed by atoms with E-state index in [9.17, 15) is 4.79 Å². The maximum atomic E-state index is 11.1. The standard InChI is InChI=1S/C11H14N2O2S/c1-11(2,3)8-7(5-12)6-16-9(8)15-10(14)13-4/h6H,1-4H3,(H,13,14). The Morgan fingerprint density at radius 2 is 2.19 bits per heavy atom. The van der Waals surface area contributed by atoms with Crippen molar-refractivity contribution in [3.63, 3.8) is 0 Å². The maximum absolute atomic E-state index is 11.1. The van der Waals surface area contributed by atoms with E-state index in [2.05, 4.69) is 11.4 Å². The van der Waals surface area contributed by atoms with Gasteiger partial charge in [0.05, 0.1) is 5.56 Å². The SMILES string of the molecule is CNC(=O)Oc1scc(C#N)c1C(C)(C)C. The van der Waals surface area contributed by atoms with Gasteiger partial charge < -0.3 is 10.1 Å². The number of hydrogen-bond donors (Lipinski definition) is 1. The first-order valence-electron chi connectivity index (χ1n) is 4.81. The predicted octanol–water partition coefficient (Wildman–Crippen LogP) is 2.64. The van der Waals surface area contributed by atoms with Crippen LogP contribution < -0.4 is 10.1 Å². The number of carbonyl (C=O) groups excluding carboxylic acids is 1. The Hall–Kier alpha value is -1.54. The predicted molar refractivity (Wildman–Crippen MR) is 62.8 cm³/mol. The minimum atomic E-state index is -0.517. The summed E-state index contributed by atoms with van der Waals surface area (Å²) in [7, 11) is 1.50. The zero-order chi connectivity index (χ0) is 12.3. The zero-order valence-corrected chi connectivity index (χ0v) is 10.6. The van der Waals surface area contributed by atoms with Gasteiger partial charge in [-0.3, -0.25) is 0 Å². The number of carbonyl (C=O) groups is 1. The number of amides is 1. The smallest absolute Gasteiger partial charge is 0.399 e. The van der Waals surface area contributed by atoms with Crippen LogP contribution in [0.4, 0.5) is 4.79 Å². The molecule has 0 saturated heterocycles. The van der Waals surface area contributed by atoms with Crippen LogP contribution in [0, 0.1) is 11.3 Å². The Labute approximate surface area is 98.8 Å². The molecule has 1 N–H and O–H groups in total. The largest absolute Gasteiger partial charge is 0.413 e. The molecule has 0 bridgehead atoms. The van der Waals surface area contributed by atoms with Gasteiger partial charge in [-0.05, 0) is 5.41 Å². The quantitative estimate of drug-likeness (QED) is 0.818. The Morgan fingerprint density at radius 1 is 1.56 bits per heavy atom. The van der Waals surface area contributed by atoms with E-state index in [1.54, 1.807) is 5.38 Å². The van der Waals surface area contributed by atoms with Crippen LogP contribution in [-0.4, -0.2) is 13.1 Å². The molecule has 0 atom stereocenters. The van der Waals surface area contributed by atoms with E-state index in [4.69, 9.17) is 10.00 Å². The van der Waals surface area contributed by atoms with Crippen molar-refractivity contribution in [2.75, 3.05) is 7.05 Å². The van der Waals surface area contributed by atoms with Gasteiger partial charge in [-0.25, -0.2) is 4.79 Å². The van der Waals surface area contributed by atoms with Crippen molar-refractivity contribution in [2.45, 2.75) is 26.2 Å². The van der Waals surface area contributed by atoms with Gasteiger partial charge in [0.25, 0.3) is 0 Å². The van der Waals surface area contributed by atoms with Gasteiger partial charge >= 0.3 is 6.09 Å². The van der Waals surface area contributed by atoms with E-state index in [0.29, 0.717) is 10.6 Å². The minimum absolute atomic E-state index is 0.228. The van der Waals surface area contributed by atoms with Gasteiger partial charge in [0.15, 0.2) is 5.06 Å². The third kappa shape index (κ3) is 2.52. The van der Waals surface area contributed by atoms with E-state index in [0.717, 1.165) is 5.56 Å². The fourth-order valence-electron chi connectivity index (χ4n) is 1.34. The van der Waals surface area contributed by atoms with Crippen LogP contribution in [-0.2, 0) is 5.41 Å². The number of rotatable bonds is 1. The van der Waals surface area contributed by atoms with Crippen LogP contribution in [0.5, 0.6) is 5.06 Å². The van der Waals surface area contributed by atoms with E-state index in [1.807, 2.05) is 20.8 Å². The summed E-state index contributed by atoms with van der Waals surface area (Å²) >= 11 is 1.27. The second-order valence-corrected chi connectivity index (χ2v) is 5.16. The summed E-state index contributed by atoms with van der Waals surface area (Å²) in [5.41, 5.74) is 1.12. The zero-order valence-electron chi connectivity index (χ0n) is 9.75. The monoisotopic (exact) mass is 238 g/mol. The number of nitrogens with one attached hydrogen (secondary N) is 1.